The van der Waals surface area contributed by atoms with E-state index in [2.05, 4.69) is 4.98 Å². The lowest BCUT2D eigenvalue weighted by Crippen LogP contribution is -2.11. The maximum Gasteiger partial charge on any atom is 0.358 e. The molecule has 4 nitrogen and oxygen atoms in total. The second-order valence-corrected chi connectivity index (χ2v) is 3.27. The average Bonchev–Trinajstić information content (AvgIpc) is 2.07. The van der Waals surface area contributed by atoms with Gasteiger partial charge in [-0.25, -0.2) is 9.78 Å². The molecule has 14 heavy (non-hydrogen) atoms. The van der Waals surface area contributed by atoms with Gasteiger partial charge < -0.3 is 9.84 Å². The van der Waals surface area contributed by atoms with Gasteiger partial charge in [-0.3, -0.25) is 0 Å². The van der Waals surface area contributed by atoms with Gasteiger partial charge in [0.1, 0.15) is 0 Å². The first kappa shape index (κ1) is 10.5. The van der Waals surface area contributed by atoms with Crippen LogP contribution in [0.25, 0.3) is 0 Å². The van der Waals surface area contributed by atoms with Gasteiger partial charge in [0.05, 0.1) is 6.10 Å². The molecule has 1 rings (SSSR count). The Morgan fingerprint density at radius 2 is 2.14 bits per heavy atom. The van der Waals surface area contributed by atoms with Gasteiger partial charge in [-0.15, -0.1) is 0 Å². The second-order valence-electron chi connectivity index (χ2n) is 3.27. The molecule has 0 fully saturated rings. The molecule has 76 valence electrons. The highest BCUT2D eigenvalue weighted by Gasteiger charge is 2.14. The number of nitrogens with zero attached hydrogens (tertiary/aromatic N) is 1. The van der Waals surface area contributed by atoms with Crippen molar-refractivity contribution < 1.29 is 14.6 Å². The fraction of sp³-hybridized carbons (Fsp3) is 0.400. The van der Waals surface area contributed by atoms with Gasteiger partial charge in [-0.1, -0.05) is 0 Å². The largest absolute Gasteiger partial charge is 0.488 e. The van der Waals surface area contributed by atoms with E-state index in [0.717, 1.165) is 0 Å². The van der Waals surface area contributed by atoms with Crippen molar-refractivity contribution in [3.8, 4) is 5.75 Å². The fourth-order valence-corrected chi connectivity index (χ4v) is 1.05. The van der Waals surface area contributed by atoms with Gasteiger partial charge in [-0.05, 0) is 32.9 Å². The number of rotatable bonds is 3. The van der Waals surface area contributed by atoms with Crippen molar-refractivity contribution >= 4 is 5.97 Å². The Labute approximate surface area is 82.5 Å². The van der Waals surface area contributed by atoms with E-state index in [1.54, 1.807) is 19.1 Å². The molecule has 0 saturated carbocycles. The molecule has 0 unspecified atom stereocenters. The zero-order valence-electron chi connectivity index (χ0n) is 8.44. The van der Waals surface area contributed by atoms with E-state index in [9.17, 15) is 4.79 Å². The van der Waals surface area contributed by atoms with Crippen LogP contribution in [0.2, 0.25) is 0 Å². The maximum atomic E-state index is 10.8. The first-order valence-electron chi connectivity index (χ1n) is 4.38. The van der Waals surface area contributed by atoms with Gasteiger partial charge in [0.25, 0.3) is 0 Å². The van der Waals surface area contributed by atoms with Crippen molar-refractivity contribution in [3.05, 3.63) is 23.5 Å². The predicted octanol–water partition coefficient (Wildman–Crippen LogP) is 1.88. The number of hydrogen-bond acceptors (Lipinski definition) is 3. The minimum absolute atomic E-state index is 0.0290. The Bertz CT molecular complexity index is 347. The summed E-state index contributed by atoms with van der Waals surface area (Å²) in [6.45, 7) is 5.42. The number of aryl methyl sites for hydroxylation is 1. The van der Waals surface area contributed by atoms with Crippen LogP contribution >= 0.6 is 0 Å². The lowest BCUT2D eigenvalue weighted by molar-refractivity contribution is 0.0683. The van der Waals surface area contributed by atoms with Crippen LogP contribution in [0.3, 0.4) is 0 Å². The van der Waals surface area contributed by atoms with E-state index >= 15 is 0 Å². The van der Waals surface area contributed by atoms with Crippen LogP contribution < -0.4 is 4.74 Å². The summed E-state index contributed by atoms with van der Waals surface area (Å²) in [6, 6.07) is 3.36. The highest BCUT2D eigenvalue weighted by molar-refractivity contribution is 5.88. The first-order valence-corrected chi connectivity index (χ1v) is 4.38. The third kappa shape index (κ3) is 2.45. The molecule has 1 aromatic rings. The predicted molar refractivity (Wildman–Crippen MR) is 51.7 cm³/mol. The molecule has 0 aliphatic carbocycles. The first-order chi connectivity index (χ1) is 6.50. The number of aromatic nitrogens is 1. The number of carboxylic acids is 1. The van der Waals surface area contributed by atoms with Gasteiger partial charge in [0.2, 0.25) is 0 Å². The molecule has 1 heterocycles. The van der Waals surface area contributed by atoms with Crippen LogP contribution in [-0.2, 0) is 0 Å². The lowest BCUT2D eigenvalue weighted by atomic mass is 10.3. The summed E-state index contributed by atoms with van der Waals surface area (Å²) in [5.74, 6) is -0.748. The maximum absolute atomic E-state index is 10.8. The molecule has 0 saturated heterocycles. The molecule has 0 radical (unpaired) electrons. The summed E-state index contributed by atoms with van der Waals surface area (Å²) in [5.41, 5.74) is 0.636. The number of aromatic carboxylic acids is 1. The number of ether oxygens (including phenoxy) is 1. The molecule has 1 aromatic heterocycles. The van der Waals surface area contributed by atoms with E-state index < -0.39 is 5.97 Å². The number of hydrogen-bond donors (Lipinski definition) is 1. The molecular formula is C10H13NO3. The summed E-state index contributed by atoms with van der Waals surface area (Å²) < 4.78 is 5.32. The van der Waals surface area contributed by atoms with Crippen molar-refractivity contribution in [3.63, 3.8) is 0 Å². The van der Waals surface area contributed by atoms with Gasteiger partial charge >= 0.3 is 5.97 Å². The Hall–Kier alpha value is -1.58. The molecule has 0 bridgehead atoms. The quantitative estimate of drug-likeness (QED) is 0.799. The Morgan fingerprint density at radius 1 is 1.50 bits per heavy atom. The summed E-state index contributed by atoms with van der Waals surface area (Å²) in [4.78, 5) is 14.7. The van der Waals surface area contributed by atoms with E-state index in [0.29, 0.717) is 11.4 Å². The molecule has 0 aliphatic heterocycles. The SMILES string of the molecule is Cc1ccc(OC(C)C)c(C(=O)O)n1. The molecule has 0 aromatic carbocycles. The monoisotopic (exact) mass is 195 g/mol. The molecule has 1 N–H and O–H groups in total. The lowest BCUT2D eigenvalue weighted by Gasteiger charge is -2.11. The number of carboxylic acid groups (broad SMARTS) is 1. The highest BCUT2D eigenvalue weighted by atomic mass is 16.5. The topological polar surface area (TPSA) is 59.4 Å². The fourth-order valence-electron chi connectivity index (χ4n) is 1.05. The van der Waals surface area contributed by atoms with Crippen LogP contribution in [-0.4, -0.2) is 22.2 Å². The standard InChI is InChI=1S/C10H13NO3/c1-6(2)14-8-5-4-7(3)11-9(8)10(12)13/h4-6H,1-3H3,(H,12,13). The smallest absolute Gasteiger partial charge is 0.358 e. The van der Waals surface area contributed by atoms with Gasteiger partial charge in [0, 0.05) is 5.69 Å². The van der Waals surface area contributed by atoms with Gasteiger partial charge in [-0.2, -0.15) is 0 Å². The van der Waals surface area contributed by atoms with Crippen molar-refractivity contribution in [2.45, 2.75) is 26.9 Å². The number of carbonyl (C=O) groups is 1. The Morgan fingerprint density at radius 3 is 2.64 bits per heavy atom. The van der Waals surface area contributed by atoms with Crippen molar-refractivity contribution in [2.75, 3.05) is 0 Å². The Kier molecular flexibility index (Phi) is 3.06. The molecule has 0 spiro atoms. The van der Waals surface area contributed by atoms with Crippen LogP contribution in [0.4, 0.5) is 0 Å². The van der Waals surface area contributed by atoms with Crippen molar-refractivity contribution in [1.82, 2.24) is 4.98 Å². The van der Waals surface area contributed by atoms with E-state index in [1.807, 2.05) is 13.8 Å². The van der Waals surface area contributed by atoms with Crippen LogP contribution in [0.15, 0.2) is 12.1 Å². The molecule has 0 atom stereocenters. The molecule has 0 amide bonds. The summed E-state index contributed by atoms with van der Waals surface area (Å²) in [7, 11) is 0. The van der Waals surface area contributed by atoms with E-state index in [4.69, 9.17) is 9.84 Å². The zero-order valence-corrected chi connectivity index (χ0v) is 8.44. The summed E-state index contributed by atoms with van der Waals surface area (Å²) in [6.07, 6.45) is -0.0578. The normalized spacial score (nSPS) is 10.3. The van der Waals surface area contributed by atoms with Crippen molar-refractivity contribution in [2.24, 2.45) is 0 Å². The number of pyridine rings is 1. The van der Waals surface area contributed by atoms with Crippen LogP contribution in [0.1, 0.15) is 30.0 Å². The van der Waals surface area contributed by atoms with Crippen LogP contribution in [0, 0.1) is 6.92 Å². The van der Waals surface area contributed by atoms with E-state index in [-0.39, 0.29) is 11.8 Å². The van der Waals surface area contributed by atoms with E-state index in [1.165, 1.54) is 0 Å². The average molecular weight is 195 g/mol. The van der Waals surface area contributed by atoms with Crippen LogP contribution in [0.5, 0.6) is 5.75 Å². The second kappa shape index (κ2) is 4.09. The molecule has 0 aliphatic rings. The minimum atomic E-state index is -1.07. The summed E-state index contributed by atoms with van der Waals surface area (Å²) >= 11 is 0. The third-order valence-corrected chi connectivity index (χ3v) is 1.56. The minimum Gasteiger partial charge on any atom is -0.488 e. The van der Waals surface area contributed by atoms with Crippen molar-refractivity contribution in [1.29, 1.82) is 0 Å². The molecular weight excluding hydrogens is 182 g/mol. The molecule has 4 heteroatoms. The zero-order chi connectivity index (χ0) is 10.7. The highest BCUT2D eigenvalue weighted by Crippen LogP contribution is 2.18. The Balaban J connectivity index is 3.08. The van der Waals surface area contributed by atoms with Gasteiger partial charge in [0.15, 0.2) is 11.4 Å². The third-order valence-electron chi connectivity index (χ3n) is 1.56. The summed E-state index contributed by atoms with van der Waals surface area (Å²) in [5, 5.41) is 8.86.